The van der Waals surface area contributed by atoms with Crippen LogP contribution in [0.1, 0.15) is 60.1 Å². The summed E-state index contributed by atoms with van der Waals surface area (Å²) in [4.78, 5) is 142. The van der Waals surface area contributed by atoms with Gasteiger partial charge in [0.1, 0.15) is 30.2 Å². The molecule has 0 spiro atoms. The number of hydrogen-bond acceptors (Lipinski definition) is 18. The number of aromatic nitrogens is 4. The third-order valence-electron chi connectivity index (χ3n) is 10.1. The second kappa shape index (κ2) is 27.7. The Morgan fingerprint density at radius 3 is 1.93 bits per heavy atom. The monoisotopic (exact) mass is 1050 g/mol. The Labute approximate surface area is 421 Å². The van der Waals surface area contributed by atoms with E-state index >= 15 is 0 Å². The number of nitrogens with zero attached hydrogens (tertiary/aromatic N) is 3. The van der Waals surface area contributed by atoms with Crippen molar-refractivity contribution in [2.24, 2.45) is 5.73 Å². The highest BCUT2D eigenvalue weighted by Crippen LogP contribution is 2.31. The molecule has 0 aliphatic rings. The van der Waals surface area contributed by atoms with Gasteiger partial charge < -0.3 is 69.1 Å². The molecule has 0 saturated carbocycles. The van der Waals surface area contributed by atoms with E-state index in [2.05, 4.69) is 57.2 Å². The van der Waals surface area contributed by atoms with E-state index in [4.69, 9.17) is 16.9 Å². The van der Waals surface area contributed by atoms with Crippen molar-refractivity contribution in [1.29, 1.82) is 5.41 Å². The molecule has 2 heterocycles. The zero-order chi connectivity index (χ0) is 53.8. The Morgan fingerprint density at radius 1 is 0.740 bits per heavy atom. The third-order valence-corrected chi connectivity index (χ3v) is 12.4. The number of benzene rings is 2. The lowest BCUT2D eigenvalue weighted by atomic mass is 10.1. The molecule has 0 bridgehead atoms. The summed E-state index contributed by atoms with van der Waals surface area (Å²) in [5, 5.41) is 62.9. The molecule has 4 unspecified atom stereocenters. The molecular weight excluding hydrogens is 1000 g/mol. The summed E-state index contributed by atoms with van der Waals surface area (Å²) in [6.45, 7) is 1.96. The van der Waals surface area contributed by atoms with Gasteiger partial charge in [0.05, 0.1) is 31.3 Å². The number of aliphatic carboxylic acids is 4. The van der Waals surface area contributed by atoms with Gasteiger partial charge in [0.2, 0.25) is 29.6 Å². The molecule has 0 fully saturated rings. The number of hydrogen-bond donors (Lipinski definition) is 15. The van der Waals surface area contributed by atoms with Crippen molar-refractivity contribution in [3.63, 3.8) is 0 Å². The van der Waals surface area contributed by atoms with E-state index < -0.39 is 121 Å². The van der Waals surface area contributed by atoms with Crippen LogP contribution in [0.5, 0.6) is 0 Å². The maximum atomic E-state index is 13.7. The molecule has 5 amide bonds. The molecule has 390 valence electrons. The minimum Gasteiger partial charge on any atom is -0.481 e. The SMILES string of the molecule is Cc1ccc(SSC[C@H](NC(=O)C(CC(=O)O)NC(=O)C(CCCNC(=N)N)NC(=O)C(CC(=O)O)NC(=O)CCC(NC(=O)c2ccc(NCc3cnc4nc(N)[nH]c(=O)c4n3)cc2)C(=O)O)C(=O)O)cc1. The van der Waals surface area contributed by atoms with Crippen LogP contribution < -0.4 is 54.2 Å². The van der Waals surface area contributed by atoms with E-state index in [0.717, 1.165) is 21.3 Å². The Bertz CT molecular complexity index is 2750. The number of carbonyl (C=O) groups is 9. The van der Waals surface area contributed by atoms with Gasteiger partial charge >= 0.3 is 23.9 Å². The molecule has 0 saturated heterocycles. The lowest BCUT2D eigenvalue weighted by Crippen LogP contribution is -2.58. The fourth-order valence-electron chi connectivity index (χ4n) is 6.35. The fourth-order valence-corrected chi connectivity index (χ4v) is 8.52. The molecule has 73 heavy (non-hydrogen) atoms. The highest BCUT2D eigenvalue weighted by Gasteiger charge is 2.33. The topological polar surface area (TPSA) is 466 Å². The molecule has 0 radical (unpaired) electrons. The van der Waals surface area contributed by atoms with Gasteiger partial charge in [-0.1, -0.05) is 39.3 Å². The van der Waals surface area contributed by atoms with Gasteiger partial charge in [-0.05, 0) is 62.6 Å². The zero-order valence-corrected chi connectivity index (χ0v) is 40.3. The van der Waals surface area contributed by atoms with Crippen molar-refractivity contribution in [3.8, 4) is 0 Å². The lowest BCUT2D eigenvalue weighted by Gasteiger charge is -2.25. The van der Waals surface area contributed by atoms with E-state index in [0.29, 0.717) is 11.4 Å². The van der Waals surface area contributed by atoms with Crippen LogP contribution in [0.3, 0.4) is 0 Å². The minimum absolute atomic E-state index is 0.00903. The van der Waals surface area contributed by atoms with Crippen LogP contribution in [-0.2, 0) is 44.9 Å². The molecule has 17 N–H and O–H groups in total. The molecule has 4 aromatic rings. The third kappa shape index (κ3) is 19.3. The number of nitrogens with one attached hydrogen (secondary N) is 9. The van der Waals surface area contributed by atoms with E-state index in [-0.39, 0.29) is 54.4 Å². The van der Waals surface area contributed by atoms with Crippen LogP contribution in [0.15, 0.2) is 64.4 Å². The van der Waals surface area contributed by atoms with E-state index in [1.54, 1.807) is 0 Å². The summed E-state index contributed by atoms with van der Waals surface area (Å²) < 4.78 is 0. The first-order valence-electron chi connectivity index (χ1n) is 21.8. The van der Waals surface area contributed by atoms with Crippen LogP contribution in [0.25, 0.3) is 11.2 Å². The molecule has 28 nitrogen and oxygen atoms in total. The number of amides is 5. The summed E-state index contributed by atoms with van der Waals surface area (Å²) in [5.74, 6) is -12.4. The summed E-state index contributed by atoms with van der Waals surface area (Å²) in [7, 11) is 2.31. The highest BCUT2D eigenvalue weighted by molar-refractivity contribution is 8.76. The number of fused-ring (bicyclic) bond motifs is 1. The smallest absolute Gasteiger partial charge is 0.327 e. The van der Waals surface area contributed by atoms with Gasteiger partial charge in [-0.15, -0.1) is 0 Å². The first-order chi connectivity index (χ1) is 34.6. The minimum atomic E-state index is -1.89. The van der Waals surface area contributed by atoms with Crippen molar-refractivity contribution in [2.75, 3.05) is 23.3 Å². The van der Waals surface area contributed by atoms with Crippen molar-refractivity contribution >= 4 is 104 Å². The molecule has 5 atom stereocenters. The number of aromatic amines is 1. The molecule has 4 rings (SSSR count). The van der Waals surface area contributed by atoms with Crippen LogP contribution in [0, 0.1) is 12.3 Å². The molecule has 2 aromatic carbocycles. The number of guanidine groups is 1. The van der Waals surface area contributed by atoms with Gasteiger partial charge in [0, 0.05) is 34.9 Å². The normalized spacial score (nSPS) is 12.9. The first-order valence-corrected chi connectivity index (χ1v) is 24.1. The Balaban J connectivity index is 1.37. The van der Waals surface area contributed by atoms with Crippen LogP contribution in [0.2, 0.25) is 0 Å². The number of aryl methyl sites for hydroxylation is 1. The second-order valence-electron chi connectivity index (χ2n) is 15.8. The van der Waals surface area contributed by atoms with Gasteiger partial charge in [-0.25, -0.2) is 19.6 Å². The number of anilines is 2. The van der Waals surface area contributed by atoms with Crippen LogP contribution in [-0.4, -0.2) is 142 Å². The maximum Gasteiger partial charge on any atom is 0.327 e. The summed E-state index contributed by atoms with van der Waals surface area (Å²) >= 11 is 0. The summed E-state index contributed by atoms with van der Waals surface area (Å²) in [5.41, 5.74) is 12.2. The van der Waals surface area contributed by atoms with E-state index in [1.165, 1.54) is 41.3 Å². The van der Waals surface area contributed by atoms with Crippen molar-refractivity contribution in [1.82, 2.24) is 51.8 Å². The van der Waals surface area contributed by atoms with E-state index in [9.17, 15) is 68.4 Å². The van der Waals surface area contributed by atoms with E-state index in [1.807, 2.05) is 31.2 Å². The fraction of sp³-hybridized carbons (Fsp3) is 0.349. The van der Waals surface area contributed by atoms with Gasteiger partial charge in [0.15, 0.2) is 17.1 Å². The molecule has 30 heteroatoms. The Morgan fingerprint density at radius 2 is 1.33 bits per heavy atom. The average molecular weight is 1050 g/mol. The summed E-state index contributed by atoms with van der Waals surface area (Å²) in [6.07, 6.45) is -2.21. The molecule has 0 aliphatic carbocycles. The summed E-state index contributed by atoms with van der Waals surface area (Å²) in [6, 6.07) is 4.44. The van der Waals surface area contributed by atoms with Gasteiger partial charge in [-0.3, -0.25) is 48.7 Å². The standard InChI is InChI=1S/C43H52N14O14S2/c1-20-4-10-24(11-5-20)73-72-19-29(41(70)71)55-38(66)28(16-32(61)62)54-36(64)25(3-2-14-47-42(44)45)52-37(65)27(15-31(59)60)51-30(58)13-12-26(40(68)69)53-35(63)21-6-8-22(9-7-21)48-17-23-18-49-34-33(50-23)39(67)57-43(46)56-34/h4-11,18,25-29,48H,2-3,12-17,19H2,1H3,(H,51,58)(H,52,65)(H,53,63)(H,54,64)(H,55,66)(H,59,60)(H,61,62)(H,68,69)(H,70,71)(H4,44,45,47)(H3,46,49,56,57,67)/t25?,26?,27?,28?,29-/m0/s1. The second-order valence-corrected chi connectivity index (χ2v) is 18.2. The van der Waals surface area contributed by atoms with Crippen molar-refractivity contribution in [2.45, 2.75) is 87.1 Å². The Kier molecular flexibility index (Phi) is 21.7. The van der Waals surface area contributed by atoms with Crippen molar-refractivity contribution < 1.29 is 63.6 Å². The first kappa shape index (κ1) is 57.0. The van der Waals surface area contributed by atoms with Gasteiger partial charge in [-0.2, -0.15) is 4.98 Å². The van der Waals surface area contributed by atoms with Crippen LogP contribution >= 0.6 is 21.6 Å². The molecule has 2 aromatic heterocycles. The number of nitrogens with two attached hydrogens (primary N) is 2. The Hall–Kier alpha value is -8.54. The number of H-pyrrole nitrogens is 1. The molecular formula is C43H52N14O14S2. The quantitative estimate of drug-likeness (QED) is 0.0132. The van der Waals surface area contributed by atoms with Gasteiger partial charge in [0.25, 0.3) is 11.5 Å². The lowest BCUT2D eigenvalue weighted by molar-refractivity contribution is -0.143. The largest absolute Gasteiger partial charge is 0.481 e. The van der Waals surface area contributed by atoms with Crippen LogP contribution in [0.4, 0.5) is 11.6 Å². The molecule has 0 aliphatic heterocycles. The number of carbonyl (C=O) groups excluding carboxylic acids is 5. The highest BCUT2D eigenvalue weighted by atomic mass is 33.1. The predicted octanol–water partition coefficient (Wildman–Crippen LogP) is -1.14. The average Bonchev–Trinajstić information content (AvgIpc) is 3.32. The number of nitrogen functional groups attached to an aromatic ring is 1. The maximum absolute atomic E-state index is 13.7. The zero-order valence-electron chi connectivity index (χ0n) is 38.6. The predicted molar refractivity (Wildman–Crippen MR) is 263 cm³/mol. The number of rotatable bonds is 29. The van der Waals surface area contributed by atoms with Crippen molar-refractivity contribution in [3.05, 3.63) is 81.9 Å². The number of carboxylic acids is 4. The number of carboxylic acid groups (broad SMARTS) is 4.